The zero-order chi connectivity index (χ0) is 32.8. The monoisotopic (exact) mass is 652 g/mol. The Balaban J connectivity index is 1.58. The molecule has 1 saturated heterocycles. The highest BCUT2D eigenvalue weighted by Crippen LogP contribution is 2.47. The average Bonchev–Trinajstić information content (AvgIpc) is 3.52. The fraction of sp³-hybridized carbons (Fsp3) is 0.519. The first kappa shape index (κ1) is 34.2. The predicted octanol–water partition coefficient (Wildman–Crippen LogP) is 0.895. The highest BCUT2D eigenvalue weighted by atomic mass is 31.2. The number of carbonyl (C=O) groups excluding carboxylic acids is 2. The minimum Gasteiger partial charge on any atom is -0.479 e. The van der Waals surface area contributed by atoms with Crippen LogP contribution in [0.3, 0.4) is 0 Å². The first-order valence-corrected chi connectivity index (χ1v) is 15.6. The second-order valence-corrected chi connectivity index (χ2v) is 11.9. The summed E-state index contributed by atoms with van der Waals surface area (Å²) in [4.78, 5) is 37.3. The summed E-state index contributed by atoms with van der Waals surface area (Å²) in [6, 6.07) is 7.64. The van der Waals surface area contributed by atoms with E-state index >= 15 is 0 Å². The SMILES string of the molecule is CCOC(=O)COP(=O)(N[C@H](Cc1ccccc1)C(=O)OCC)OC[C@H]1O[C@@H](n2cnc3c(OC)nc(N)nc32)[C@](C)(O)[C@@H]1O. The molecule has 1 unspecified atom stereocenters. The molecule has 18 heteroatoms. The number of benzene rings is 1. The lowest BCUT2D eigenvalue weighted by Crippen LogP contribution is -2.44. The van der Waals surface area contributed by atoms with Crippen molar-refractivity contribution in [2.75, 3.05) is 39.3 Å². The number of esters is 2. The van der Waals surface area contributed by atoms with E-state index in [9.17, 15) is 24.4 Å². The van der Waals surface area contributed by atoms with Crippen LogP contribution in [0, 0.1) is 0 Å². The molecule has 1 aromatic carbocycles. The first-order valence-electron chi connectivity index (χ1n) is 14.0. The van der Waals surface area contributed by atoms with Gasteiger partial charge in [0.2, 0.25) is 11.8 Å². The van der Waals surface area contributed by atoms with Gasteiger partial charge in [-0.2, -0.15) is 9.97 Å². The number of aliphatic hydroxyl groups is 2. The van der Waals surface area contributed by atoms with Crippen molar-refractivity contribution in [1.82, 2.24) is 24.6 Å². The van der Waals surface area contributed by atoms with E-state index in [1.165, 1.54) is 24.9 Å². The molecule has 0 spiro atoms. The van der Waals surface area contributed by atoms with Crippen LogP contribution in [0.2, 0.25) is 0 Å². The van der Waals surface area contributed by atoms with E-state index in [-0.39, 0.29) is 42.6 Å². The molecule has 6 atom stereocenters. The number of hydrogen-bond donors (Lipinski definition) is 4. The topological polar surface area (TPSA) is 229 Å². The van der Waals surface area contributed by atoms with Crippen molar-refractivity contribution in [3.05, 3.63) is 42.2 Å². The van der Waals surface area contributed by atoms with Gasteiger partial charge in [0.1, 0.15) is 23.9 Å². The number of aromatic nitrogens is 4. The number of methoxy groups -OCH3 is 1. The number of nitrogens with one attached hydrogen (secondary N) is 1. The van der Waals surface area contributed by atoms with Crippen molar-refractivity contribution < 1.29 is 52.4 Å². The number of carbonyl (C=O) groups is 2. The third-order valence-corrected chi connectivity index (χ3v) is 8.43. The van der Waals surface area contributed by atoms with Crippen LogP contribution < -0.4 is 15.6 Å². The maximum Gasteiger partial charge on any atom is 0.406 e. The van der Waals surface area contributed by atoms with Gasteiger partial charge in [-0.15, -0.1) is 0 Å². The van der Waals surface area contributed by atoms with Gasteiger partial charge in [0.15, 0.2) is 24.0 Å². The molecule has 4 rings (SSSR count). The Morgan fingerprint density at radius 2 is 1.89 bits per heavy atom. The van der Waals surface area contributed by atoms with Crippen LogP contribution in [-0.2, 0) is 43.8 Å². The molecule has 0 radical (unpaired) electrons. The van der Waals surface area contributed by atoms with Crippen molar-refractivity contribution in [3.63, 3.8) is 0 Å². The summed E-state index contributed by atoms with van der Waals surface area (Å²) in [5.74, 6) is -1.61. The summed E-state index contributed by atoms with van der Waals surface area (Å²) in [5, 5.41) is 24.9. The van der Waals surface area contributed by atoms with E-state index in [2.05, 4.69) is 20.0 Å². The van der Waals surface area contributed by atoms with Crippen LogP contribution in [0.1, 0.15) is 32.6 Å². The molecule has 0 saturated carbocycles. The molecule has 3 heterocycles. The van der Waals surface area contributed by atoms with Crippen molar-refractivity contribution in [3.8, 4) is 5.88 Å². The summed E-state index contributed by atoms with van der Waals surface area (Å²) >= 11 is 0. The Hall–Kier alpha value is -3.70. The maximum absolute atomic E-state index is 14.0. The summed E-state index contributed by atoms with van der Waals surface area (Å²) < 4.78 is 47.6. The van der Waals surface area contributed by atoms with E-state index < -0.39 is 63.0 Å². The number of anilines is 1. The Labute approximate surface area is 258 Å². The summed E-state index contributed by atoms with van der Waals surface area (Å²) in [6.45, 7) is 3.22. The average molecular weight is 653 g/mol. The Bertz CT molecular complexity index is 1520. The van der Waals surface area contributed by atoms with Crippen LogP contribution in [0.15, 0.2) is 36.7 Å². The van der Waals surface area contributed by atoms with Crippen LogP contribution in [0.4, 0.5) is 5.95 Å². The van der Waals surface area contributed by atoms with Gasteiger partial charge < -0.3 is 34.9 Å². The molecule has 2 aromatic heterocycles. The standard InChI is InChI=1S/C27H37N6O11P/c1-5-40-19(34)14-43-45(38,32-17(24(36)41-6-2)12-16-10-8-7-9-11-16)42-13-18-21(35)27(3,37)25(44-18)33-15-29-20-22(33)30-26(28)31-23(20)39-4/h7-11,15,17-18,21,25,35,37H,5-6,12-14H2,1-4H3,(H,32,38)(H2,28,30,31)/t17-,18-,21-,25-,27-,45?/m1/s1. The third-order valence-electron chi connectivity index (χ3n) is 6.84. The van der Waals surface area contributed by atoms with Crippen molar-refractivity contribution >= 4 is 36.8 Å². The summed E-state index contributed by atoms with van der Waals surface area (Å²) in [6.07, 6.45) is -2.82. The molecule has 1 aliphatic heterocycles. The van der Waals surface area contributed by atoms with Gasteiger partial charge in [0.05, 0.1) is 33.3 Å². The molecule has 0 bridgehead atoms. The van der Waals surface area contributed by atoms with E-state index in [4.69, 9.17) is 33.7 Å². The van der Waals surface area contributed by atoms with Crippen molar-refractivity contribution in [2.45, 2.75) is 57.3 Å². The van der Waals surface area contributed by atoms with Gasteiger partial charge in [-0.1, -0.05) is 30.3 Å². The molecule has 3 aromatic rings. The number of nitrogens with zero attached hydrogens (tertiary/aromatic N) is 4. The normalized spacial score (nSPS) is 23.4. The Kier molecular flexibility index (Phi) is 11.1. The first-order chi connectivity index (χ1) is 21.4. The molecule has 17 nitrogen and oxygen atoms in total. The van der Waals surface area contributed by atoms with Gasteiger partial charge in [-0.3, -0.25) is 18.4 Å². The molecular formula is C27H37N6O11P. The van der Waals surface area contributed by atoms with E-state index in [1.54, 1.807) is 44.2 Å². The highest BCUT2D eigenvalue weighted by Gasteiger charge is 2.54. The lowest BCUT2D eigenvalue weighted by molar-refractivity contribution is -0.145. The minimum absolute atomic E-state index is 0.0390. The number of rotatable bonds is 15. The Morgan fingerprint density at radius 3 is 2.56 bits per heavy atom. The van der Waals surface area contributed by atoms with Gasteiger partial charge in [-0.25, -0.2) is 19.4 Å². The highest BCUT2D eigenvalue weighted by molar-refractivity contribution is 7.51. The number of hydrogen-bond acceptors (Lipinski definition) is 15. The maximum atomic E-state index is 14.0. The van der Waals surface area contributed by atoms with Crippen LogP contribution in [0.5, 0.6) is 5.88 Å². The van der Waals surface area contributed by atoms with E-state index in [0.717, 1.165) is 0 Å². The van der Waals surface area contributed by atoms with Gasteiger partial charge in [0.25, 0.3) is 0 Å². The lowest BCUT2D eigenvalue weighted by Gasteiger charge is -2.27. The number of nitrogens with two attached hydrogens (primary N) is 1. The van der Waals surface area contributed by atoms with Crippen LogP contribution in [0.25, 0.3) is 11.2 Å². The van der Waals surface area contributed by atoms with Gasteiger partial charge in [0, 0.05) is 0 Å². The van der Waals surface area contributed by atoms with E-state index in [0.29, 0.717) is 5.56 Å². The van der Waals surface area contributed by atoms with E-state index in [1.807, 2.05) is 0 Å². The number of aliphatic hydroxyl groups excluding tert-OH is 1. The van der Waals surface area contributed by atoms with Crippen molar-refractivity contribution in [1.29, 1.82) is 0 Å². The largest absolute Gasteiger partial charge is 0.479 e. The number of ether oxygens (including phenoxy) is 4. The molecule has 246 valence electrons. The number of fused-ring (bicyclic) bond motifs is 1. The second kappa shape index (κ2) is 14.6. The van der Waals surface area contributed by atoms with Gasteiger partial charge >= 0.3 is 19.7 Å². The van der Waals surface area contributed by atoms with Crippen molar-refractivity contribution in [2.24, 2.45) is 0 Å². The second-order valence-electron chi connectivity index (χ2n) is 10.1. The van der Waals surface area contributed by atoms with Gasteiger partial charge in [-0.05, 0) is 32.8 Å². The quantitative estimate of drug-likeness (QED) is 0.132. The summed E-state index contributed by atoms with van der Waals surface area (Å²) in [5.41, 5.74) is 4.95. The molecule has 0 amide bonds. The zero-order valence-electron chi connectivity index (χ0n) is 25.2. The molecule has 0 aliphatic carbocycles. The predicted molar refractivity (Wildman–Crippen MR) is 157 cm³/mol. The Morgan fingerprint density at radius 1 is 1.18 bits per heavy atom. The molecular weight excluding hydrogens is 615 g/mol. The number of nitrogen functional groups attached to an aromatic ring is 1. The minimum atomic E-state index is -4.52. The third kappa shape index (κ3) is 7.94. The molecule has 45 heavy (non-hydrogen) atoms. The number of imidazole rings is 1. The van der Waals surface area contributed by atoms with Crippen LogP contribution in [-0.4, -0.2) is 99.1 Å². The zero-order valence-corrected chi connectivity index (χ0v) is 26.1. The lowest BCUT2D eigenvalue weighted by atomic mass is 9.96. The fourth-order valence-electron chi connectivity index (χ4n) is 4.69. The molecule has 1 fully saturated rings. The smallest absolute Gasteiger partial charge is 0.406 e. The molecule has 5 N–H and O–H groups in total. The summed E-state index contributed by atoms with van der Waals surface area (Å²) in [7, 11) is -3.14. The molecule has 1 aliphatic rings. The van der Waals surface area contributed by atoms with Crippen LogP contribution >= 0.6 is 7.75 Å². The fourth-order valence-corrected chi connectivity index (χ4v) is 6.11.